The van der Waals surface area contributed by atoms with E-state index in [0.717, 1.165) is 16.8 Å². The van der Waals surface area contributed by atoms with Crippen molar-refractivity contribution in [2.24, 2.45) is 0 Å². The molecule has 0 fully saturated rings. The number of benzene rings is 2. The van der Waals surface area contributed by atoms with E-state index in [4.69, 9.17) is 5.26 Å². The van der Waals surface area contributed by atoms with Crippen LogP contribution in [0.3, 0.4) is 0 Å². The summed E-state index contributed by atoms with van der Waals surface area (Å²) in [5, 5.41) is 11.8. The molecule has 0 bridgehead atoms. The Labute approximate surface area is 146 Å². The maximum absolute atomic E-state index is 12.3. The number of carbonyl (C=O) groups is 2. The maximum atomic E-state index is 12.3. The van der Waals surface area contributed by atoms with Gasteiger partial charge in [-0.2, -0.15) is 5.26 Å². The third kappa shape index (κ3) is 2.87. The number of fused-ring (bicyclic) bond motifs is 1. The summed E-state index contributed by atoms with van der Waals surface area (Å²) < 4.78 is 0. The van der Waals surface area contributed by atoms with Crippen LogP contribution >= 0.6 is 0 Å². The highest BCUT2D eigenvalue weighted by Gasteiger charge is 2.42. The molecule has 0 saturated heterocycles. The lowest BCUT2D eigenvalue weighted by Crippen LogP contribution is -2.33. The van der Waals surface area contributed by atoms with E-state index in [1.54, 1.807) is 36.2 Å². The fourth-order valence-electron chi connectivity index (χ4n) is 3.14. The van der Waals surface area contributed by atoms with Gasteiger partial charge in [0.05, 0.1) is 17.0 Å². The smallest absolute Gasteiger partial charge is 0.251 e. The van der Waals surface area contributed by atoms with Gasteiger partial charge in [-0.1, -0.05) is 18.2 Å². The molecule has 0 atom stereocenters. The van der Waals surface area contributed by atoms with Gasteiger partial charge in [-0.15, -0.1) is 0 Å². The van der Waals surface area contributed by atoms with Gasteiger partial charge in [-0.25, -0.2) is 0 Å². The molecule has 0 spiro atoms. The highest BCUT2D eigenvalue weighted by molar-refractivity contribution is 6.07. The van der Waals surface area contributed by atoms with Gasteiger partial charge in [0.1, 0.15) is 0 Å². The molecule has 2 aromatic carbocycles. The minimum absolute atomic E-state index is 0.0667. The first-order valence-electron chi connectivity index (χ1n) is 8.04. The lowest BCUT2D eigenvalue weighted by molar-refractivity contribution is -0.121. The van der Waals surface area contributed by atoms with Gasteiger partial charge in [0.25, 0.3) is 5.91 Å². The SMILES string of the molecule is CN1C(=O)C(C)(C)c2cc(CNC(=O)c3cccc(C#N)c3)ccc21. The van der Waals surface area contributed by atoms with Crippen molar-refractivity contribution in [1.82, 2.24) is 5.32 Å². The molecule has 3 rings (SSSR count). The molecule has 2 aromatic rings. The second kappa shape index (κ2) is 6.06. The number of nitrogens with zero attached hydrogens (tertiary/aromatic N) is 2. The Morgan fingerprint density at radius 2 is 2.00 bits per heavy atom. The molecule has 0 aromatic heterocycles. The van der Waals surface area contributed by atoms with E-state index in [9.17, 15) is 9.59 Å². The second-order valence-corrected chi connectivity index (χ2v) is 6.72. The van der Waals surface area contributed by atoms with Gasteiger partial charge >= 0.3 is 0 Å². The molecule has 1 aliphatic rings. The van der Waals surface area contributed by atoms with Crippen molar-refractivity contribution in [2.45, 2.75) is 25.8 Å². The van der Waals surface area contributed by atoms with E-state index < -0.39 is 5.41 Å². The average Bonchev–Trinajstić information content (AvgIpc) is 2.80. The van der Waals surface area contributed by atoms with E-state index in [0.29, 0.717) is 17.7 Å². The third-order valence-electron chi connectivity index (χ3n) is 4.64. The number of anilines is 1. The van der Waals surface area contributed by atoms with Crippen LogP contribution in [0.5, 0.6) is 0 Å². The predicted molar refractivity (Wildman–Crippen MR) is 95.2 cm³/mol. The summed E-state index contributed by atoms with van der Waals surface area (Å²) in [6.07, 6.45) is 0. The molecule has 0 saturated carbocycles. The highest BCUT2D eigenvalue weighted by Crippen LogP contribution is 2.40. The summed E-state index contributed by atoms with van der Waals surface area (Å²) in [6, 6.07) is 14.4. The Balaban J connectivity index is 1.77. The van der Waals surface area contributed by atoms with Crippen molar-refractivity contribution in [3.05, 3.63) is 64.7 Å². The van der Waals surface area contributed by atoms with Crippen molar-refractivity contribution < 1.29 is 9.59 Å². The second-order valence-electron chi connectivity index (χ2n) is 6.72. The number of likely N-dealkylation sites (N-methyl/N-ethyl adjacent to an activating group) is 1. The van der Waals surface area contributed by atoms with Gasteiger partial charge in [0.2, 0.25) is 5.91 Å². The van der Waals surface area contributed by atoms with Crippen LogP contribution in [-0.2, 0) is 16.8 Å². The Morgan fingerprint density at radius 1 is 1.24 bits per heavy atom. The molecule has 1 N–H and O–H groups in total. The first kappa shape index (κ1) is 16.7. The Kier molecular flexibility index (Phi) is 4.05. The largest absolute Gasteiger partial charge is 0.348 e. The summed E-state index contributed by atoms with van der Waals surface area (Å²) in [6.45, 7) is 4.18. The number of amides is 2. The predicted octanol–water partition coefficient (Wildman–Crippen LogP) is 2.74. The molecular weight excluding hydrogens is 314 g/mol. The van der Waals surface area contributed by atoms with Crippen LogP contribution in [0, 0.1) is 11.3 Å². The lowest BCUT2D eigenvalue weighted by Gasteiger charge is -2.16. The van der Waals surface area contributed by atoms with E-state index in [-0.39, 0.29) is 11.8 Å². The van der Waals surface area contributed by atoms with E-state index >= 15 is 0 Å². The van der Waals surface area contributed by atoms with Gasteiger partial charge in [0.15, 0.2) is 0 Å². The van der Waals surface area contributed by atoms with Gasteiger partial charge in [-0.3, -0.25) is 9.59 Å². The van der Waals surface area contributed by atoms with Crippen LogP contribution in [0.4, 0.5) is 5.69 Å². The fourth-order valence-corrected chi connectivity index (χ4v) is 3.14. The summed E-state index contributed by atoms with van der Waals surface area (Å²) in [5.74, 6) is -0.165. The normalized spacial score (nSPS) is 14.8. The van der Waals surface area contributed by atoms with Crippen molar-refractivity contribution >= 4 is 17.5 Å². The maximum Gasteiger partial charge on any atom is 0.251 e. The molecule has 1 aliphatic heterocycles. The van der Waals surface area contributed by atoms with E-state index in [1.807, 2.05) is 38.1 Å². The van der Waals surface area contributed by atoms with Crippen LogP contribution in [-0.4, -0.2) is 18.9 Å². The summed E-state index contributed by atoms with van der Waals surface area (Å²) in [7, 11) is 1.78. The minimum Gasteiger partial charge on any atom is -0.348 e. The molecule has 2 amide bonds. The zero-order valence-corrected chi connectivity index (χ0v) is 14.5. The molecule has 0 unspecified atom stereocenters. The van der Waals surface area contributed by atoms with Crippen LogP contribution in [0.1, 0.15) is 40.9 Å². The summed E-state index contributed by atoms with van der Waals surface area (Å²) >= 11 is 0. The lowest BCUT2D eigenvalue weighted by atomic mass is 9.85. The topological polar surface area (TPSA) is 73.2 Å². The zero-order valence-electron chi connectivity index (χ0n) is 14.5. The monoisotopic (exact) mass is 333 g/mol. The number of hydrogen-bond donors (Lipinski definition) is 1. The molecule has 25 heavy (non-hydrogen) atoms. The van der Waals surface area contributed by atoms with Crippen molar-refractivity contribution in [1.29, 1.82) is 5.26 Å². The number of carbonyl (C=O) groups excluding carboxylic acids is 2. The van der Waals surface area contributed by atoms with Crippen LogP contribution < -0.4 is 10.2 Å². The Morgan fingerprint density at radius 3 is 2.72 bits per heavy atom. The molecular formula is C20H19N3O2. The highest BCUT2D eigenvalue weighted by atomic mass is 16.2. The number of nitrogens with one attached hydrogen (secondary N) is 1. The van der Waals surface area contributed by atoms with E-state index in [1.165, 1.54) is 0 Å². The summed E-state index contributed by atoms with van der Waals surface area (Å²) in [5.41, 5.74) is 3.15. The van der Waals surface area contributed by atoms with Crippen molar-refractivity contribution in [3.63, 3.8) is 0 Å². The molecule has 1 heterocycles. The first-order chi connectivity index (χ1) is 11.8. The molecule has 0 aliphatic carbocycles. The number of nitriles is 1. The van der Waals surface area contributed by atoms with Crippen molar-refractivity contribution in [2.75, 3.05) is 11.9 Å². The minimum atomic E-state index is -0.564. The fraction of sp³-hybridized carbons (Fsp3) is 0.250. The van der Waals surface area contributed by atoms with Gasteiger partial charge < -0.3 is 10.2 Å². The van der Waals surface area contributed by atoms with Gasteiger partial charge in [0, 0.05) is 24.8 Å². The molecule has 126 valence electrons. The Bertz CT molecular complexity index is 909. The quantitative estimate of drug-likeness (QED) is 0.938. The summed E-state index contributed by atoms with van der Waals surface area (Å²) in [4.78, 5) is 26.3. The molecule has 5 nitrogen and oxygen atoms in total. The van der Waals surface area contributed by atoms with Gasteiger partial charge in [-0.05, 0) is 49.2 Å². The van der Waals surface area contributed by atoms with Crippen LogP contribution in [0.15, 0.2) is 42.5 Å². The van der Waals surface area contributed by atoms with Crippen molar-refractivity contribution in [3.8, 4) is 6.07 Å². The van der Waals surface area contributed by atoms with Crippen LogP contribution in [0.25, 0.3) is 0 Å². The number of hydrogen-bond acceptors (Lipinski definition) is 3. The zero-order chi connectivity index (χ0) is 18.2. The first-order valence-corrected chi connectivity index (χ1v) is 8.04. The molecule has 5 heteroatoms. The van der Waals surface area contributed by atoms with Crippen LogP contribution in [0.2, 0.25) is 0 Å². The third-order valence-corrected chi connectivity index (χ3v) is 4.64. The van der Waals surface area contributed by atoms with E-state index in [2.05, 4.69) is 5.32 Å². The number of rotatable bonds is 3. The molecule has 0 radical (unpaired) electrons. The Hall–Kier alpha value is -3.13. The standard InChI is InChI=1S/C20H19N3O2/c1-20(2)16-10-14(7-8-17(16)23(3)19(20)25)12-22-18(24)15-6-4-5-13(9-15)11-21/h4-10H,12H2,1-3H3,(H,22,24). The average molecular weight is 333 g/mol.